The van der Waals surface area contributed by atoms with Gasteiger partial charge in [-0.3, -0.25) is 0 Å². The van der Waals surface area contributed by atoms with Gasteiger partial charge in [0.15, 0.2) is 0 Å². The van der Waals surface area contributed by atoms with Crippen LogP contribution in [-0.4, -0.2) is 23.7 Å². The first-order valence-electron chi connectivity index (χ1n) is 6.34. The molecule has 1 aromatic carbocycles. The molecule has 0 heterocycles. The average Bonchev–Trinajstić information content (AvgIpc) is 2.72. The molecule has 2 unspecified atom stereocenters. The number of halogens is 2. The second-order valence-corrected chi connectivity index (χ2v) is 5.91. The molecular formula is C14H18Cl2O2. The Morgan fingerprint density at radius 3 is 2.78 bits per heavy atom. The Labute approximate surface area is 118 Å². The Morgan fingerprint density at radius 2 is 2.11 bits per heavy atom. The van der Waals surface area contributed by atoms with E-state index >= 15 is 0 Å². The maximum Gasteiger partial charge on any atom is 0.121 e. The van der Waals surface area contributed by atoms with Gasteiger partial charge in [0.1, 0.15) is 5.75 Å². The van der Waals surface area contributed by atoms with Crippen molar-refractivity contribution in [2.75, 3.05) is 13.2 Å². The lowest BCUT2D eigenvalue weighted by molar-refractivity contribution is 0.252. The van der Waals surface area contributed by atoms with E-state index in [9.17, 15) is 0 Å². The summed E-state index contributed by atoms with van der Waals surface area (Å²) in [6.07, 6.45) is 3.86. The minimum atomic E-state index is 0.121. The van der Waals surface area contributed by atoms with Crippen LogP contribution in [0.15, 0.2) is 18.2 Å². The molecule has 0 aliphatic heterocycles. The zero-order valence-electron chi connectivity index (χ0n) is 10.2. The summed E-state index contributed by atoms with van der Waals surface area (Å²) in [5.74, 6) is 1.33. The van der Waals surface area contributed by atoms with Crippen molar-refractivity contribution in [2.24, 2.45) is 5.92 Å². The van der Waals surface area contributed by atoms with Gasteiger partial charge in [-0.15, -0.1) is 11.6 Å². The topological polar surface area (TPSA) is 29.5 Å². The predicted octanol–water partition coefficient (Wildman–Crippen LogP) is 3.66. The Balaban J connectivity index is 1.92. The fourth-order valence-corrected chi connectivity index (χ4v) is 2.98. The van der Waals surface area contributed by atoms with Crippen LogP contribution in [0.3, 0.4) is 0 Å². The van der Waals surface area contributed by atoms with Gasteiger partial charge in [0.25, 0.3) is 0 Å². The molecule has 1 fully saturated rings. The third-order valence-electron chi connectivity index (χ3n) is 3.29. The highest BCUT2D eigenvalue weighted by Crippen LogP contribution is 2.30. The third kappa shape index (κ3) is 4.04. The number of aliphatic hydroxyl groups is 1. The number of benzene rings is 1. The van der Waals surface area contributed by atoms with E-state index in [4.69, 9.17) is 33.0 Å². The highest BCUT2D eigenvalue weighted by Gasteiger charge is 2.23. The number of alkyl halides is 1. The standard InChI is InChI=1S/C14H18Cl2O2/c15-12-2-1-11(6-12)9-18-14-7-10(3-4-17)5-13(16)8-14/h5,7-8,11-12,17H,1-4,6,9H2. The molecule has 0 bridgehead atoms. The largest absolute Gasteiger partial charge is 0.493 e. The van der Waals surface area contributed by atoms with Gasteiger partial charge in [-0.05, 0) is 55.4 Å². The number of hydrogen-bond donors (Lipinski definition) is 1. The molecule has 1 aliphatic rings. The van der Waals surface area contributed by atoms with Gasteiger partial charge in [0.2, 0.25) is 0 Å². The van der Waals surface area contributed by atoms with E-state index in [1.54, 1.807) is 0 Å². The van der Waals surface area contributed by atoms with Gasteiger partial charge in [0, 0.05) is 17.0 Å². The van der Waals surface area contributed by atoms with Crippen molar-refractivity contribution in [3.8, 4) is 5.75 Å². The maximum atomic E-state index is 8.93. The van der Waals surface area contributed by atoms with Crippen molar-refractivity contribution in [3.63, 3.8) is 0 Å². The fraction of sp³-hybridized carbons (Fsp3) is 0.571. The van der Waals surface area contributed by atoms with Crippen molar-refractivity contribution in [1.82, 2.24) is 0 Å². The predicted molar refractivity (Wildman–Crippen MR) is 74.7 cm³/mol. The molecule has 1 N–H and O–H groups in total. The molecule has 2 rings (SSSR count). The van der Waals surface area contributed by atoms with E-state index in [1.165, 1.54) is 0 Å². The number of rotatable bonds is 5. The smallest absolute Gasteiger partial charge is 0.121 e. The maximum absolute atomic E-state index is 8.93. The van der Waals surface area contributed by atoms with E-state index in [0.29, 0.717) is 29.3 Å². The van der Waals surface area contributed by atoms with Crippen LogP contribution in [0.4, 0.5) is 0 Å². The average molecular weight is 289 g/mol. The van der Waals surface area contributed by atoms with Crippen molar-refractivity contribution < 1.29 is 9.84 Å². The highest BCUT2D eigenvalue weighted by atomic mass is 35.5. The van der Waals surface area contributed by atoms with Gasteiger partial charge >= 0.3 is 0 Å². The second kappa shape index (κ2) is 6.65. The monoisotopic (exact) mass is 288 g/mol. The molecule has 0 saturated heterocycles. The van der Waals surface area contributed by atoms with E-state index in [-0.39, 0.29) is 6.61 Å². The molecule has 1 saturated carbocycles. The molecule has 0 amide bonds. The highest BCUT2D eigenvalue weighted by molar-refractivity contribution is 6.30. The third-order valence-corrected chi connectivity index (χ3v) is 3.91. The van der Waals surface area contributed by atoms with Crippen molar-refractivity contribution in [3.05, 3.63) is 28.8 Å². The molecule has 4 heteroatoms. The molecule has 0 spiro atoms. The molecule has 2 nitrogen and oxygen atoms in total. The SMILES string of the molecule is OCCc1cc(Cl)cc(OCC2CCC(Cl)C2)c1. The summed E-state index contributed by atoms with van der Waals surface area (Å²) >= 11 is 12.1. The van der Waals surface area contributed by atoms with Gasteiger partial charge in [-0.25, -0.2) is 0 Å². The molecular weight excluding hydrogens is 271 g/mol. The molecule has 18 heavy (non-hydrogen) atoms. The van der Waals surface area contributed by atoms with Gasteiger partial charge < -0.3 is 9.84 Å². The van der Waals surface area contributed by atoms with Crippen molar-refractivity contribution >= 4 is 23.2 Å². The van der Waals surface area contributed by atoms with Crippen LogP contribution in [-0.2, 0) is 6.42 Å². The van der Waals surface area contributed by atoms with Crippen LogP contribution in [0.2, 0.25) is 5.02 Å². The first-order chi connectivity index (χ1) is 8.67. The van der Waals surface area contributed by atoms with E-state index in [2.05, 4.69) is 0 Å². The molecule has 0 aromatic heterocycles. The fourth-order valence-electron chi connectivity index (χ4n) is 2.36. The second-order valence-electron chi connectivity index (χ2n) is 4.86. The number of aliphatic hydroxyl groups excluding tert-OH is 1. The zero-order chi connectivity index (χ0) is 13.0. The minimum absolute atomic E-state index is 0.121. The lowest BCUT2D eigenvalue weighted by atomic mass is 10.1. The summed E-state index contributed by atoms with van der Waals surface area (Å²) in [5, 5.41) is 9.89. The Bertz CT molecular complexity index is 395. The van der Waals surface area contributed by atoms with E-state index in [1.807, 2.05) is 18.2 Å². The molecule has 100 valence electrons. The van der Waals surface area contributed by atoms with Crippen LogP contribution in [0.25, 0.3) is 0 Å². The van der Waals surface area contributed by atoms with Crippen LogP contribution >= 0.6 is 23.2 Å². The Morgan fingerprint density at radius 1 is 1.28 bits per heavy atom. The summed E-state index contributed by atoms with van der Waals surface area (Å²) < 4.78 is 5.78. The molecule has 2 atom stereocenters. The lowest BCUT2D eigenvalue weighted by Gasteiger charge is -2.13. The van der Waals surface area contributed by atoms with Gasteiger partial charge in [-0.2, -0.15) is 0 Å². The summed E-state index contributed by atoms with van der Waals surface area (Å²) in [6, 6.07) is 5.61. The number of ether oxygens (including phenoxy) is 1. The van der Waals surface area contributed by atoms with E-state index in [0.717, 1.165) is 30.6 Å². The van der Waals surface area contributed by atoms with Gasteiger partial charge in [0.05, 0.1) is 6.61 Å². The Kier molecular flexibility index (Phi) is 5.16. The minimum Gasteiger partial charge on any atom is -0.493 e. The first-order valence-corrected chi connectivity index (χ1v) is 7.16. The zero-order valence-corrected chi connectivity index (χ0v) is 11.8. The van der Waals surface area contributed by atoms with Gasteiger partial charge in [-0.1, -0.05) is 11.6 Å². The van der Waals surface area contributed by atoms with Crippen molar-refractivity contribution in [2.45, 2.75) is 31.1 Å². The Hall–Kier alpha value is -0.440. The van der Waals surface area contributed by atoms with Crippen LogP contribution < -0.4 is 4.74 Å². The van der Waals surface area contributed by atoms with Crippen molar-refractivity contribution in [1.29, 1.82) is 0 Å². The molecule has 0 radical (unpaired) electrons. The summed E-state index contributed by atoms with van der Waals surface area (Å²) in [5.41, 5.74) is 1.00. The van der Waals surface area contributed by atoms with Crippen LogP contribution in [0.5, 0.6) is 5.75 Å². The van der Waals surface area contributed by atoms with Crippen LogP contribution in [0, 0.1) is 5.92 Å². The quantitative estimate of drug-likeness (QED) is 0.838. The summed E-state index contributed by atoms with van der Waals surface area (Å²) in [4.78, 5) is 0. The normalized spacial score (nSPS) is 23.3. The first kappa shape index (κ1) is 14.0. The number of hydrogen-bond acceptors (Lipinski definition) is 2. The summed E-state index contributed by atoms with van der Waals surface area (Å²) in [7, 11) is 0. The van der Waals surface area contributed by atoms with Crippen LogP contribution in [0.1, 0.15) is 24.8 Å². The molecule has 1 aliphatic carbocycles. The molecule has 1 aromatic rings. The summed E-state index contributed by atoms with van der Waals surface area (Å²) in [6.45, 7) is 0.818. The lowest BCUT2D eigenvalue weighted by Crippen LogP contribution is -2.09. The van der Waals surface area contributed by atoms with E-state index < -0.39 is 0 Å².